The highest BCUT2D eigenvalue weighted by atomic mass is 16.5. The number of carbonyl (C=O) groups excluding carboxylic acids is 1. The summed E-state index contributed by atoms with van der Waals surface area (Å²) >= 11 is 0. The molecule has 0 aromatic heterocycles. The van der Waals surface area contributed by atoms with Gasteiger partial charge in [0.15, 0.2) is 0 Å². The zero-order valence-corrected chi connectivity index (χ0v) is 7.33. The Morgan fingerprint density at radius 1 is 1.50 bits per heavy atom. The molecule has 0 bridgehead atoms. The lowest BCUT2D eigenvalue weighted by atomic mass is 10.1. The van der Waals surface area contributed by atoms with Gasteiger partial charge in [-0.1, -0.05) is 0 Å². The Balaban J connectivity index is 1.94. The molecule has 0 spiro atoms. The Kier molecular flexibility index (Phi) is 4.76. The average Bonchev–Trinajstić information content (AvgIpc) is 2.14. The summed E-state index contributed by atoms with van der Waals surface area (Å²) in [7, 11) is 0. The van der Waals surface area contributed by atoms with E-state index in [0.717, 1.165) is 19.4 Å². The Labute approximate surface area is 73.0 Å². The smallest absolute Gasteiger partial charge is 0.293 e. The molecule has 1 atom stereocenters. The Morgan fingerprint density at radius 2 is 2.42 bits per heavy atom. The second-order valence-electron chi connectivity index (χ2n) is 3.10. The number of rotatable bonds is 5. The Bertz CT molecular complexity index is 119. The summed E-state index contributed by atoms with van der Waals surface area (Å²) in [6.07, 6.45) is 5.99. The summed E-state index contributed by atoms with van der Waals surface area (Å²) < 4.78 is 10.1. The van der Waals surface area contributed by atoms with Gasteiger partial charge in [0.05, 0.1) is 12.7 Å². The van der Waals surface area contributed by atoms with Crippen molar-refractivity contribution >= 4 is 6.47 Å². The van der Waals surface area contributed by atoms with Gasteiger partial charge in [-0.3, -0.25) is 4.79 Å². The maximum Gasteiger partial charge on any atom is 0.293 e. The van der Waals surface area contributed by atoms with E-state index in [-0.39, 0.29) is 0 Å². The van der Waals surface area contributed by atoms with Crippen LogP contribution in [0.15, 0.2) is 0 Å². The average molecular weight is 172 g/mol. The summed E-state index contributed by atoms with van der Waals surface area (Å²) in [5, 5.41) is 0. The maximum absolute atomic E-state index is 9.80. The van der Waals surface area contributed by atoms with E-state index in [4.69, 9.17) is 4.74 Å². The van der Waals surface area contributed by atoms with Crippen molar-refractivity contribution in [2.45, 2.75) is 38.2 Å². The first-order valence-electron chi connectivity index (χ1n) is 4.60. The first-order chi connectivity index (χ1) is 5.93. The first-order valence-corrected chi connectivity index (χ1v) is 4.60. The van der Waals surface area contributed by atoms with Crippen LogP contribution in [0.4, 0.5) is 0 Å². The van der Waals surface area contributed by atoms with Gasteiger partial charge in [-0.15, -0.1) is 0 Å². The molecule has 1 saturated heterocycles. The molecular formula is C9H16O3. The van der Waals surface area contributed by atoms with E-state index in [1.165, 1.54) is 19.3 Å². The lowest BCUT2D eigenvalue weighted by Crippen LogP contribution is -2.19. The molecule has 3 nitrogen and oxygen atoms in total. The minimum atomic E-state index is 0.411. The van der Waals surface area contributed by atoms with E-state index in [1.807, 2.05) is 0 Å². The maximum atomic E-state index is 9.80. The molecule has 0 amide bonds. The van der Waals surface area contributed by atoms with Crippen LogP contribution in [-0.2, 0) is 14.3 Å². The SMILES string of the molecule is O=COCCC[C@H]1CCCCO1. The monoisotopic (exact) mass is 172 g/mol. The highest BCUT2D eigenvalue weighted by molar-refractivity contribution is 5.36. The Hall–Kier alpha value is -0.570. The fourth-order valence-corrected chi connectivity index (χ4v) is 1.48. The third-order valence-electron chi connectivity index (χ3n) is 2.13. The van der Waals surface area contributed by atoms with Crippen molar-refractivity contribution < 1.29 is 14.3 Å². The zero-order chi connectivity index (χ0) is 8.65. The molecule has 1 rings (SSSR count). The van der Waals surface area contributed by atoms with Crippen LogP contribution in [0.5, 0.6) is 0 Å². The number of hydrogen-bond acceptors (Lipinski definition) is 3. The summed E-state index contributed by atoms with van der Waals surface area (Å²) in [6, 6.07) is 0. The van der Waals surface area contributed by atoms with Gasteiger partial charge < -0.3 is 9.47 Å². The largest absolute Gasteiger partial charge is 0.468 e. The van der Waals surface area contributed by atoms with Crippen molar-refractivity contribution in [1.29, 1.82) is 0 Å². The molecule has 0 saturated carbocycles. The van der Waals surface area contributed by atoms with Crippen LogP contribution in [-0.4, -0.2) is 25.8 Å². The predicted octanol–water partition coefficient (Wildman–Crippen LogP) is 1.51. The van der Waals surface area contributed by atoms with Crippen LogP contribution >= 0.6 is 0 Å². The second-order valence-corrected chi connectivity index (χ2v) is 3.10. The van der Waals surface area contributed by atoms with Gasteiger partial charge in [0.25, 0.3) is 6.47 Å². The molecule has 12 heavy (non-hydrogen) atoms. The minimum absolute atomic E-state index is 0.411. The molecule has 70 valence electrons. The molecule has 0 radical (unpaired) electrons. The number of hydrogen-bond donors (Lipinski definition) is 0. The van der Waals surface area contributed by atoms with Crippen molar-refractivity contribution in [3.8, 4) is 0 Å². The molecular weight excluding hydrogens is 156 g/mol. The lowest BCUT2D eigenvalue weighted by Gasteiger charge is -2.22. The van der Waals surface area contributed by atoms with Crippen molar-refractivity contribution in [2.24, 2.45) is 0 Å². The molecule has 0 aromatic carbocycles. The molecule has 0 aliphatic carbocycles. The summed E-state index contributed by atoms with van der Waals surface area (Å²) in [5.74, 6) is 0. The molecule has 1 aliphatic rings. The van der Waals surface area contributed by atoms with Gasteiger partial charge >= 0.3 is 0 Å². The van der Waals surface area contributed by atoms with Crippen molar-refractivity contribution in [2.75, 3.05) is 13.2 Å². The molecule has 0 aromatic rings. The van der Waals surface area contributed by atoms with Crippen LogP contribution in [0.25, 0.3) is 0 Å². The van der Waals surface area contributed by atoms with Crippen LogP contribution in [0.2, 0.25) is 0 Å². The molecule has 1 fully saturated rings. The quantitative estimate of drug-likeness (QED) is 0.466. The third-order valence-corrected chi connectivity index (χ3v) is 2.13. The van der Waals surface area contributed by atoms with Crippen molar-refractivity contribution in [1.82, 2.24) is 0 Å². The standard InChI is InChI=1S/C9H16O3/c10-8-11-6-3-5-9-4-1-2-7-12-9/h8-9H,1-7H2/t9-/m1/s1. The fourth-order valence-electron chi connectivity index (χ4n) is 1.48. The van der Waals surface area contributed by atoms with Gasteiger partial charge in [-0.2, -0.15) is 0 Å². The van der Waals surface area contributed by atoms with Gasteiger partial charge in [-0.25, -0.2) is 0 Å². The van der Waals surface area contributed by atoms with Gasteiger partial charge in [0.1, 0.15) is 0 Å². The van der Waals surface area contributed by atoms with Crippen LogP contribution in [0, 0.1) is 0 Å². The highest BCUT2D eigenvalue weighted by Crippen LogP contribution is 2.16. The van der Waals surface area contributed by atoms with Crippen molar-refractivity contribution in [3.05, 3.63) is 0 Å². The number of carbonyl (C=O) groups is 1. The predicted molar refractivity (Wildman–Crippen MR) is 44.8 cm³/mol. The van der Waals surface area contributed by atoms with Crippen molar-refractivity contribution in [3.63, 3.8) is 0 Å². The lowest BCUT2D eigenvalue weighted by molar-refractivity contribution is -0.129. The van der Waals surface area contributed by atoms with E-state index < -0.39 is 0 Å². The minimum Gasteiger partial charge on any atom is -0.468 e. The molecule has 0 N–H and O–H groups in total. The molecule has 1 heterocycles. The molecule has 0 unspecified atom stereocenters. The van der Waals surface area contributed by atoms with Crippen LogP contribution in [0.3, 0.4) is 0 Å². The van der Waals surface area contributed by atoms with E-state index >= 15 is 0 Å². The highest BCUT2D eigenvalue weighted by Gasteiger charge is 2.12. The summed E-state index contributed by atoms with van der Waals surface area (Å²) in [4.78, 5) is 9.80. The first kappa shape index (κ1) is 9.52. The summed E-state index contributed by atoms with van der Waals surface area (Å²) in [5.41, 5.74) is 0. The van der Waals surface area contributed by atoms with E-state index in [1.54, 1.807) is 0 Å². The molecule has 1 aliphatic heterocycles. The van der Waals surface area contributed by atoms with Gasteiger partial charge in [0, 0.05) is 6.61 Å². The summed E-state index contributed by atoms with van der Waals surface area (Å²) in [6.45, 7) is 1.93. The Morgan fingerprint density at radius 3 is 3.08 bits per heavy atom. The van der Waals surface area contributed by atoms with Crippen LogP contribution in [0.1, 0.15) is 32.1 Å². The van der Waals surface area contributed by atoms with E-state index in [0.29, 0.717) is 19.2 Å². The molecule has 3 heteroatoms. The van der Waals surface area contributed by atoms with Gasteiger partial charge in [0.2, 0.25) is 0 Å². The van der Waals surface area contributed by atoms with E-state index in [2.05, 4.69) is 4.74 Å². The third kappa shape index (κ3) is 3.72. The fraction of sp³-hybridized carbons (Fsp3) is 0.889. The normalized spacial score (nSPS) is 23.5. The topological polar surface area (TPSA) is 35.5 Å². The van der Waals surface area contributed by atoms with Crippen LogP contribution < -0.4 is 0 Å². The van der Waals surface area contributed by atoms with Gasteiger partial charge in [-0.05, 0) is 32.1 Å². The number of ether oxygens (including phenoxy) is 2. The second kappa shape index (κ2) is 6.00. The van der Waals surface area contributed by atoms with E-state index in [9.17, 15) is 4.79 Å². The zero-order valence-electron chi connectivity index (χ0n) is 7.33.